The number of nitrogens with zero attached hydrogens (tertiary/aromatic N) is 6. The van der Waals surface area contributed by atoms with Crippen molar-refractivity contribution < 1.29 is 83.9 Å². The molecule has 0 aliphatic carbocycles. The number of alkyl carbamates (subject to hydrolysis) is 1. The molecule has 0 saturated carbocycles. The molecular weight excluding hydrogens is 1320 g/mol. The number of benzene rings is 6. The van der Waals surface area contributed by atoms with Gasteiger partial charge in [0.25, 0.3) is 5.78 Å². The van der Waals surface area contributed by atoms with Gasteiger partial charge in [-0.1, -0.05) is 216 Å². The lowest BCUT2D eigenvalue weighted by Gasteiger charge is -2.58. The van der Waals surface area contributed by atoms with E-state index in [2.05, 4.69) is 59.9 Å². The second kappa shape index (κ2) is 35.5. The van der Waals surface area contributed by atoms with Gasteiger partial charge in [0.1, 0.15) is 43.1 Å². The number of piperazine rings is 1. The van der Waals surface area contributed by atoms with E-state index in [1.165, 1.54) is 66.7 Å². The third kappa shape index (κ3) is 19.8. The van der Waals surface area contributed by atoms with Crippen molar-refractivity contribution >= 4 is 29.5 Å². The number of rotatable bonds is 23. The molecule has 0 radical (unpaired) electrons. The van der Waals surface area contributed by atoms with Gasteiger partial charge >= 0.3 is 24.6 Å². The van der Waals surface area contributed by atoms with Gasteiger partial charge < -0.3 is 40.7 Å². The smallest absolute Gasteiger partial charge is 0.445 e. The van der Waals surface area contributed by atoms with Crippen molar-refractivity contribution in [2.75, 3.05) is 31.1 Å². The monoisotopic (exact) mass is 1400 g/mol. The first-order valence-electron chi connectivity index (χ1n) is 32.8. The van der Waals surface area contributed by atoms with Crippen molar-refractivity contribution in [1.29, 1.82) is 0 Å². The van der Waals surface area contributed by atoms with Gasteiger partial charge in [-0.2, -0.15) is 39.5 Å². The van der Waals surface area contributed by atoms with E-state index in [0.29, 0.717) is 29.1 Å². The van der Waals surface area contributed by atoms with Crippen LogP contribution in [0.2, 0.25) is 0 Å². The minimum atomic E-state index is -5.73. The highest BCUT2D eigenvalue weighted by Crippen LogP contribution is 2.55. The van der Waals surface area contributed by atoms with Crippen LogP contribution in [0.1, 0.15) is 74.4 Å². The maximum Gasteiger partial charge on any atom is 0.452 e. The highest BCUT2D eigenvalue weighted by Gasteiger charge is 2.75. The molecule has 0 spiro atoms. The largest absolute Gasteiger partial charge is 0.452 e. The maximum atomic E-state index is 15.5. The Labute approximate surface area is 575 Å². The summed E-state index contributed by atoms with van der Waals surface area (Å²) in [5.41, 5.74) is -5.44. The molecule has 26 heteroatoms. The average molecular weight is 1400 g/mol. The molecule has 3 heterocycles. The number of nitrogens with one attached hydrogen (secondary N) is 2. The molecule has 6 aromatic carbocycles. The van der Waals surface area contributed by atoms with Gasteiger partial charge in [-0.25, -0.2) is 9.78 Å². The van der Waals surface area contributed by atoms with Gasteiger partial charge in [0, 0.05) is 38.4 Å². The Morgan fingerprint density at radius 3 is 1.41 bits per heavy atom. The summed E-state index contributed by atoms with van der Waals surface area (Å²) < 4.78 is 134. The molecule has 7 aromatic rings. The van der Waals surface area contributed by atoms with Gasteiger partial charge in [0.05, 0.1) is 6.04 Å². The van der Waals surface area contributed by atoms with E-state index in [9.17, 15) is 52.8 Å². The summed E-state index contributed by atoms with van der Waals surface area (Å²) in [5.74, 6) is -6.04. The van der Waals surface area contributed by atoms with Crippen LogP contribution in [-0.4, -0.2) is 168 Å². The third-order valence-corrected chi connectivity index (χ3v) is 17.7. The first-order chi connectivity index (χ1) is 47.5. The fourth-order valence-electron chi connectivity index (χ4n) is 12.8. The summed E-state index contributed by atoms with van der Waals surface area (Å²) in [6.07, 6.45) is -22.2. The molecule has 9 rings (SSSR count). The Bertz CT molecular complexity index is 3630. The van der Waals surface area contributed by atoms with Crippen molar-refractivity contribution in [2.45, 2.75) is 153 Å². The van der Waals surface area contributed by atoms with Crippen molar-refractivity contribution in [3.05, 3.63) is 240 Å². The number of ether oxygens (including phenoxy) is 1. The zero-order valence-electron chi connectivity index (χ0n) is 55.9. The SMILES string of the molecule is CC(=O)NC(Cc1ccccc1)C(=O)C(F)(F)F.CCN(CC)C1C(O)N(c2ccccn2)C(N(CC)CC)C(O)N1Cc1ccccc1.O=C(NC(Cc1ccccc1)C(=O)N1C(Cc2ccccc2)C(O)(C(F)(F)F)CC(Cc2ccccc2)C1(O)C(F)(F)F)OCc1ccccc1. The number of likely N-dealkylation sites (N-methyl/N-ethyl adjacent to an activating group) is 2. The zero-order valence-corrected chi connectivity index (χ0v) is 55.9. The molecule has 10 atom stereocenters. The summed E-state index contributed by atoms with van der Waals surface area (Å²) >= 11 is 0. The van der Waals surface area contributed by atoms with Crippen LogP contribution in [0.15, 0.2) is 206 Å². The Hall–Kier alpha value is -8.76. The van der Waals surface area contributed by atoms with E-state index in [4.69, 9.17) is 4.74 Å². The number of alkyl halides is 9. The molecule has 538 valence electrons. The number of carbonyl (C=O) groups is 4. The zero-order chi connectivity index (χ0) is 73.0. The lowest BCUT2D eigenvalue weighted by atomic mass is 9.68. The van der Waals surface area contributed by atoms with Crippen LogP contribution in [0.4, 0.5) is 50.1 Å². The van der Waals surface area contributed by atoms with Gasteiger partial charge in [0.2, 0.25) is 17.5 Å². The first kappa shape index (κ1) is 78.6. The number of pyridine rings is 1. The molecule has 2 aliphatic rings. The molecule has 0 bridgehead atoms. The quantitative estimate of drug-likeness (QED) is 0.0329. The van der Waals surface area contributed by atoms with Crippen LogP contribution in [0, 0.1) is 5.92 Å². The number of Topliss-reactive ketones (excluding diaryl/α,β-unsaturated/α-hetero) is 1. The van der Waals surface area contributed by atoms with Gasteiger partial charge in [-0.3, -0.25) is 34.0 Å². The van der Waals surface area contributed by atoms with Crippen LogP contribution in [0.25, 0.3) is 0 Å². The molecule has 2 saturated heterocycles. The van der Waals surface area contributed by atoms with E-state index in [-0.39, 0.29) is 35.2 Å². The van der Waals surface area contributed by atoms with Crippen LogP contribution >= 0.6 is 0 Å². The average Bonchev–Trinajstić information content (AvgIpc) is 0.700. The van der Waals surface area contributed by atoms with Crippen LogP contribution in [0.3, 0.4) is 0 Å². The summed E-state index contributed by atoms with van der Waals surface area (Å²) in [5, 5.41) is 51.4. The number of halogens is 9. The molecular formula is C74H85F9N8O9. The maximum absolute atomic E-state index is 15.5. The number of piperidine rings is 1. The van der Waals surface area contributed by atoms with Crippen molar-refractivity contribution in [1.82, 2.24) is 35.2 Å². The number of hydrogen-bond acceptors (Lipinski definition) is 14. The molecule has 3 amide bonds. The van der Waals surface area contributed by atoms with Gasteiger partial charge in [-0.15, -0.1) is 0 Å². The van der Waals surface area contributed by atoms with E-state index in [1.54, 1.807) is 91.1 Å². The lowest BCUT2D eigenvalue weighted by molar-refractivity contribution is -0.387. The minimum Gasteiger partial charge on any atom is -0.445 e. The minimum absolute atomic E-state index is 0.0591. The Balaban J connectivity index is 0.000000241. The highest BCUT2D eigenvalue weighted by atomic mass is 19.4. The second-order valence-corrected chi connectivity index (χ2v) is 24.3. The number of amides is 3. The van der Waals surface area contributed by atoms with Crippen LogP contribution < -0.4 is 15.5 Å². The second-order valence-electron chi connectivity index (χ2n) is 24.3. The molecule has 2 aliphatic heterocycles. The van der Waals surface area contributed by atoms with Crippen LogP contribution in [-0.2, 0) is 58.0 Å². The summed E-state index contributed by atoms with van der Waals surface area (Å²) in [4.78, 5) is 62.4. The fourth-order valence-corrected chi connectivity index (χ4v) is 12.8. The third-order valence-electron chi connectivity index (χ3n) is 17.7. The van der Waals surface area contributed by atoms with Crippen molar-refractivity contribution in [3.63, 3.8) is 0 Å². The number of ketones is 1. The number of anilines is 1. The number of aromatic nitrogens is 1. The predicted molar refractivity (Wildman–Crippen MR) is 358 cm³/mol. The van der Waals surface area contributed by atoms with E-state index < -0.39 is 122 Å². The Morgan fingerprint density at radius 2 is 0.980 bits per heavy atom. The number of aliphatic hydroxyl groups is 4. The Kier molecular flexibility index (Phi) is 27.9. The number of likely N-dealkylation sites (tertiary alicyclic amines) is 1. The van der Waals surface area contributed by atoms with E-state index >= 15 is 26.3 Å². The molecule has 1 aromatic heterocycles. The molecule has 17 nitrogen and oxygen atoms in total. The molecule has 100 heavy (non-hydrogen) atoms. The summed E-state index contributed by atoms with van der Waals surface area (Å²) in [6.45, 7) is 12.7. The molecule has 6 N–H and O–H groups in total. The summed E-state index contributed by atoms with van der Waals surface area (Å²) in [6, 6.07) is 48.2. The number of carbonyl (C=O) groups excluding carboxylic acids is 4. The van der Waals surface area contributed by atoms with E-state index in [0.717, 1.165) is 38.7 Å². The first-order valence-corrected chi connectivity index (χ1v) is 32.8. The van der Waals surface area contributed by atoms with Gasteiger partial charge in [0.15, 0.2) is 11.8 Å². The number of hydrogen-bond donors (Lipinski definition) is 6. The topological polar surface area (TPSA) is 212 Å². The standard InChI is InChI=1S/C38H36F6N2O5.C24H37N5O2.C12H12F3NO2/c39-37(40,41)35(49)24-30(21-26-13-5-1-6-14-26)36(50,38(42,43)44)46(32(35)23-28-17-9-3-10-18-28)33(47)31(22-27-15-7-2-8-16-27)45-34(48)51-25-29-19-11-4-12-20-29;1-5-26(6-2)21-24(31)29(20-16-12-13-17-25-20)22(27(7-3)8-4)23(30)28(21)18-19-14-10-9-11-15-19;1-8(17)16-10(11(18)12(13,14)15)7-9-5-3-2-4-6-9/h1-20,30-32,49-50H,21-25H2,(H,45,48);9-17,21-24,30-31H,5-8,18H2,1-4H3;2-6,10H,7H2,1H3,(H,16,17). The number of aliphatic hydroxyl groups excluding tert-OH is 2. The van der Waals surface area contributed by atoms with Crippen molar-refractivity contribution in [2.24, 2.45) is 5.92 Å². The highest BCUT2D eigenvalue weighted by molar-refractivity contribution is 5.92. The van der Waals surface area contributed by atoms with Crippen molar-refractivity contribution in [3.8, 4) is 0 Å². The van der Waals surface area contributed by atoms with Gasteiger partial charge in [-0.05, 0) is 91.0 Å². The molecule has 10 unspecified atom stereocenters. The van der Waals surface area contributed by atoms with Crippen LogP contribution in [0.5, 0.6) is 0 Å². The normalized spacial score (nSPS) is 21.7. The van der Waals surface area contributed by atoms with E-state index in [1.807, 2.05) is 51.5 Å². The molecule has 2 fully saturated rings. The fraction of sp³-hybridized carbons (Fsp3) is 0.392. The predicted octanol–water partition coefficient (Wildman–Crippen LogP) is 11.0. The Morgan fingerprint density at radius 1 is 0.550 bits per heavy atom. The lowest BCUT2D eigenvalue weighted by Crippen LogP contribution is -2.80. The summed E-state index contributed by atoms with van der Waals surface area (Å²) in [7, 11) is 0.